The molecule has 0 radical (unpaired) electrons. The number of ether oxygens (including phenoxy) is 1. The third kappa shape index (κ3) is 7.23. The molecule has 1 aromatic heterocycles. The molecule has 6 nitrogen and oxygen atoms in total. The van der Waals surface area contributed by atoms with Crippen molar-refractivity contribution in [2.24, 2.45) is 4.99 Å². The minimum absolute atomic E-state index is 0.0175. The Morgan fingerprint density at radius 2 is 2.04 bits per heavy atom. The Morgan fingerprint density at radius 1 is 1.18 bits per heavy atom. The van der Waals surface area contributed by atoms with E-state index in [0.717, 1.165) is 42.5 Å². The highest BCUT2D eigenvalue weighted by Gasteiger charge is 2.05. The Morgan fingerprint density at radius 3 is 2.75 bits per heavy atom. The lowest BCUT2D eigenvalue weighted by Gasteiger charge is -2.13. The van der Waals surface area contributed by atoms with Gasteiger partial charge in [-0.25, -0.2) is 0 Å². The van der Waals surface area contributed by atoms with Crippen molar-refractivity contribution in [3.8, 4) is 5.75 Å². The van der Waals surface area contributed by atoms with Crippen LogP contribution in [0.15, 0.2) is 40.7 Å². The third-order valence-electron chi connectivity index (χ3n) is 4.10. The predicted octanol–water partition coefficient (Wildman–Crippen LogP) is 2.98. The van der Waals surface area contributed by atoms with E-state index >= 15 is 0 Å². The zero-order valence-electron chi connectivity index (χ0n) is 16.9. The van der Waals surface area contributed by atoms with Gasteiger partial charge in [0.1, 0.15) is 5.75 Å². The summed E-state index contributed by atoms with van der Waals surface area (Å²) in [5.74, 6) is 1.69. The number of nitrogens with one attached hydrogen (secondary N) is 3. The molecule has 2 rings (SSSR count). The second-order valence-corrected chi connectivity index (χ2v) is 7.29. The van der Waals surface area contributed by atoms with E-state index < -0.39 is 0 Å². The van der Waals surface area contributed by atoms with Gasteiger partial charge < -0.3 is 20.7 Å². The number of hydrogen-bond donors (Lipinski definition) is 3. The van der Waals surface area contributed by atoms with Crippen LogP contribution in [0.5, 0.6) is 5.75 Å². The maximum atomic E-state index is 11.9. The van der Waals surface area contributed by atoms with E-state index in [0.29, 0.717) is 13.1 Å². The zero-order chi connectivity index (χ0) is 20.2. The molecule has 2 aromatic rings. The highest BCUT2D eigenvalue weighted by Crippen LogP contribution is 2.19. The molecule has 1 amide bonds. The van der Waals surface area contributed by atoms with Gasteiger partial charge in [-0.2, -0.15) is 0 Å². The molecule has 0 aliphatic rings. The molecule has 0 aliphatic heterocycles. The Kier molecular flexibility index (Phi) is 9.34. The van der Waals surface area contributed by atoms with E-state index in [-0.39, 0.29) is 5.91 Å². The van der Waals surface area contributed by atoms with Crippen molar-refractivity contribution in [2.75, 3.05) is 33.3 Å². The molecule has 0 saturated heterocycles. The van der Waals surface area contributed by atoms with Gasteiger partial charge in [0, 0.05) is 26.2 Å². The standard InChI is InChI=1S/C21H30N4O2S/c1-4-22-21(24-12-6-11-23-20(26)19-7-5-14-28-19)25-13-10-17-15-16(2)8-9-18(17)27-3/h5,7-9,14-15H,4,6,10-13H2,1-3H3,(H,23,26)(H2,22,24,25). The SMILES string of the molecule is CCNC(=NCCCNC(=O)c1cccs1)NCCc1cc(C)ccc1OC. The Hall–Kier alpha value is -2.54. The van der Waals surface area contributed by atoms with Crippen LogP contribution in [0.3, 0.4) is 0 Å². The molecule has 0 fully saturated rings. The number of carbonyl (C=O) groups excluding carboxylic acids is 1. The number of nitrogens with zero attached hydrogens (tertiary/aromatic N) is 1. The van der Waals surface area contributed by atoms with Gasteiger partial charge in [0.2, 0.25) is 0 Å². The van der Waals surface area contributed by atoms with E-state index in [2.05, 4.69) is 40.0 Å². The molecule has 0 atom stereocenters. The van der Waals surface area contributed by atoms with Crippen LogP contribution < -0.4 is 20.7 Å². The van der Waals surface area contributed by atoms with Gasteiger partial charge in [0.05, 0.1) is 12.0 Å². The first-order valence-corrected chi connectivity index (χ1v) is 10.5. The normalized spacial score (nSPS) is 11.2. The van der Waals surface area contributed by atoms with Gasteiger partial charge in [-0.05, 0) is 49.8 Å². The molecule has 0 spiro atoms. The first-order valence-electron chi connectivity index (χ1n) is 9.61. The maximum Gasteiger partial charge on any atom is 0.261 e. The first-order chi connectivity index (χ1) is 13.6. The van der Waals surface area contributed by atoms with Crippen LogP contribution >= 0.6 is 11.3 Å². The number of thiophene rings is 1. The summed E-state index contributed by atoms with van der Waals surface area (Å²) in [6, 6.07) is 9.92. The third-order valence-corrected chi connectivity index (χ3v) is 4.97. The average molecular weight is 403 g/mol. The zero-order valence-corrected chi connectivity index (χ0v) is 17.7. The summed E-state index contributed by atoms with van der Waals surface area (Å²) in [6.45, 7) is 6.95. The number of benzene rings is 1. The number of amides is 1. The van der Waals surface area contributed by atoms with Crippen molar-refractivity contribution in [3.05, 3.63) is 51.7 Å². The van der Waals surface area contributed by atoms with Crippen LogP contribution in [0.25, 0.3) is 0 Å². The van der Waals surface area contributed by atoms with E-state index in [9.17, 15) is 4.79 Å². The Labute approximate surface area is 171 Å². The Bertz CT molecular complexity index is 760. The number of methoxy groups -OCH3 is 1. The van der Waals surface area contributed by atoms with Gasteiger partial charge >= 0.3 is 0 Å². The summed E-state index contributed by atoms with van der Waals surface area (Å²) in [5, 5.41) is 11.4. The molecule has 7 heteroatoms. The summed E-state index contributed by atoms with van der Waals surface area (Å²) in [5.41, 5.74) is 2.41. The van der Waals surface area contributed by atoms with Gasteiger partial charge in [0.25, 0.3) is 5.91 Å². The Balaban J connectivity index is 1.74. The van der Waals surface area contributed by atoms with Crippen molar-refractivity contribution in [3.63, 3.8) is 0 Å². The minimum Gasteiger partial charge on any atom is -0.496 e. The number of guanidine groups is 1. The number of rotatable bonds is 10. The summed E-state index contributed by atoms with van der Waals surface area (Å²) < 4.78 is 5.44. The molecule has 3 N–H and O–H groups in total. The molecule has 0 aliphatic carbocycles. The van der Waals surface area contributed by atoms with Crippen LogP contribution in [0.4, 0.5) is 0 Å². The van der Waals surface area contributed by atoms with Crippen molar-refractivity contribution in [1.82, 2.24) is 16.0 Å². The number of aryl methyl sites for hydroxylation is 1. The minimum atomic E-state index is -0.0175. The highest BCUT2D eigenvalue weighted by atomic mass is 32.1. The molecule has 0 bridgehead atoms. The van der Waals surface area contributed by atoms with Crippen LogP contribution in [-0.2, 0) is 6.42 Å². The smallest absolute Gasteiger partial charge is 0.261 e. The molecule has 0 unspecified atom stereocenters. The summed E-state index contributed by atoms with van der Waals surface area (Å²) in [7, 11) is 1.70. The number of hydrogen-bond acceptors (Lipinski definition) is 4. The quantitative estimate of drug-likeness (QED) is 0.324. The largest absolute Gasteiger partial charge is 0.496 e. The fourth-order valence-electron chi connectivity index (χ4n) is 2.73. The van der Waals surface area contributed by atoms with Crippen molar-refractivity contribution in [2.45, 2.75) is 26.7 Å². The lowest BCUT2D eigenvalue weighted by Crippen LogP contribution is -2.38. The lowest BCUT2D eigenvalue weighted by molar-refractivity contribution is 0.0957. The summed E-state index contributed by atoms with van der Waals surface area (Å²) in [6.07, 6.45) is 1.64. The van der Waals surface area contributed by atoms with E-state index in [4.69, 9.17) is 4.74 Å². The molecule has 28 heavy (non-hydrogen) atoms. The first kappa shape index (κ1) is 21.8. The number of aliphatic imine (C=N–C) groups is 1. The van der Waals surface area contributed by atoms with Gasteiger partial charge in [-0.3, -0.25) is 9.79 Å². The molecular formula is C21H30N4O2S. The van der Waals surface area contributed by atoms with Crippen molar-refractivity contribution in [1.29, 1.82) is 0 Å². The van der Waals surface area contributed by atoms with Crippen LogP contribution in [0.1, 0.15) is 34.1 Å². The lowest BCUT2D eigenvalue weighted by atomic mass is 10.1. The van der Waals surface area contributed by atoms with Gasteiger partial charge in [-0.15, -0.1) is 11.3 Å². The second-order valence-electron chi connectivity index (χ2n) is 6.34. The van der Waals surface area contributed by atoms with Crippen LogP contribution in [0, 0.1) is 6.92 Å². The molecular weight excluding hydrogens is 372 g/mol. The van der Waals surface area contributed by atoms with E-state index in [1.807, 2.05) is 30.5 Å². The average Bonchev–Trinajstić information content (AvgIpc) is 3.22. The molecule has 1 aromatic carbocycles. The van der Waals surface area contributed by atoms with Crippen LogP contribution in [-0.4, -0.2) is 45.2 Å². The monoisotopic (exact) mass is 402 g/mol. The van der Waals surface area contributed by atoms with Crippen molar-refractivity contribution >= 4 is 23.2 Å². The summed E-state index contributed by atoms with van der Waals surface area (Å²) >= 11 is 1.45. The summed E-state index contributed by atoms with van der Waals surface area (Å²) in [4.78, 5) is 17.2. The maximum absolute atomic E-state index is 11.9. The second kappa shape index (κ2) is 12.0. The number of carbonyl (C=O) groups is 1. The fraction of sp³-hybridized carbons (Fsp3) is 0.429. The fourth-order valence-corrected chi connectivity index (χ4v) is 3.37. The predicted molar refractivity (Wildman–Crippen MR) is 117 cm³/mol. The van der Waals surface area contributed by atoms with Gasteiger partial charge in [0.15, 0.2) is 5.96 Å². The van der Waals surface area contributed by atoms with E-state index in [1.54, 1.807) is 7.11 Å². The van der Waals surface area contributed by atoms with Crippen LogP contribution in [0.2, 0.25) is 0 Å². The topological polar surface area (TPSA) is 74.8 Å². The van der Waals surface area contributed by atoms with E-state index in [1.165, 1.54) is 22.5 Å². The molecule has 152 valence electrons. The van der Waals surface area contributed by atoms with Crippen molar-refractivity contribution < 1.29 is 9.53 Å². The van der Waals surface area contributed by atoms with Gasteiger partial charge in [-0.1, -0.05) is 23.8 Å². The highest BCUT2D eigenvalue weighted by molar-refractivity contribution is 7.12. The molecule has 0 saturated carbocycles. The molecule has 1 heterocycles.